The van der Waals surface area contributed by atoms with Gasteiger partial charge < -0.3 is 10.4 Å². The molecule has 2 atom stereocenters. The van der Waals surface area contributed by atoms with Crippen molar-refractivity contribution in [3.8, 4) is 0 Å². The van der Waals surface area contributed by atoms with Crippen LogP contribution in [0.2, 0.25) is 0 Å². The fraction of sp³-hybridized carbons (Fsp3) is 0.125. The number of amides is 1. The normalized spacial score (nSPS) is 20.2. The van der Waals surface area contributed by atoms with Crippen LogP contribution in [0, 0.1) is 5.92 Å². The minimum atomic E-state index is -0.868. The van der Waals surface area contributed by atoms with E-state index in [0.29, 0.717) is 16.9 Å². The Bertz CT molecular complexity index is 653. The van der Waals surface area contributed by atoms with Crippen molar-refractivity contribution in [3.63, 3.8) is 0 Å². The third-order valence-electron chi connectivity index (χ3n) is 3.31. The van der Waals surface area contributed by atoms with E-state index in [1.807, 2.05) is 36.4 Å². The smallest absolute Gasteiger partial charge is 0.235 e. The van der Waals surface area contributed by atoms with Crippen LogP contribution in [0.1, 0.15) is 11.7 Å². The van der Waals surface area contributed by atoms with Crippen LogP contribution in [0.3, 0.4) is 0 Å². The summed E-state index contributed by atoms with van der Waals surface area (Å²) in [6.45, 7) is 0. The summed E-state index contributed by atoms with van der Waals surface area (Å²) in [6.07, 6.45) is 0.637. The molecular formula is C16H14N2O2. The Hall–Kier alpha value is -2.46. The molecule has 4 heteroatoms. The molecule has 0 radical (unpaired) electrons. The fourth-order valence-electron chi connectivity index (χ4n) is 2.25. The zero-order valence-corrected chi connectivity index (χ0v) is 10.7. The van der Waals surface area contributed by atoms with Gasteiger partial charge in [0.15, 0.2) is 0 Å². The molecule has 20 heavy (non-hydrogen) atoms. The van der Waals surface area contributed by atoms with Crippen LogP contribution in [0.5, 0.6) is 0 Å². The highest BCUT2D eigenvalue weighted by Crippen LogP contribution is 2.34. The first-order valence-corrected chi connectivity index (χ1v) is 6.43. The number of aliphatic hydroxyl groups excluding tert-OH is 1. The maximum Gasteiger partial charge on any atom is 0.235 e. The second-order valence-corrected chi connectivity index (χ2v) is 4.66. The van der Waals surface area contributed by atoms with Crippen LogP contribution in [-0.4, -0.2) is 17.2 Å². The average molecular weight is 266 g/mol. The number of benzene rings is 2. The Morgan fingerprint density at radius 3 is 2.55 bits per heavy atom. The van der Waals surface area contributed by atoms with Crippen molar-refractivity contribution in [3.05, 3.63) is 60.2 Å². The molecule has 0 aromatic heterocycles. The average Bonchev–Trinajstić information content (AvgIpc) is 2.49. The van der Waals surface area contributed by atoms with E-state index in [0.717, 1.165) is 0 Å². The largest absolute Gasteiger partial charge is 0.387 e. The second kappa shape index (κ2) is 5.27. The molecule has 3 rings (SSSR count). The van der Waals surface area contributed by atoms with Crippen molar-refractivity contribution < 1.29 is 9.90 Å². The molecule has 0 bridgehead atoms. The summed E-state index contributed by atoms with van der Waals surface area (Å²) in [5, 5.41) is 13.1. The molecule has 2 N–H and O–H groups in total. The number of anilines is 1. The molecule has 4 nitrogen and oxygen atoms in total. The van der Waals surface area contributed by atoms with E-state index in [4.69, 9.17) is 0 Å². The predicted molar refractivity (Wildman–Crippen MR) is 78.1 cm³/mol. The summed E-state index contributed by atoms with van der Waals surface area (Å²) in [4.78, 5) is 16.5. The van der Waals surface area contributed by atoms with Gasteiger partial charge in [0.1, 0.15) is 5.92 Å². The summed E-state index contributed by atoms with van der Waals surface area (Å²) >= 11 is 0. The van der Waals surface area contributed by atoms with Gasteiger partial charge in [-0.15, -0.1) is 0 Å². The summed E-state index contributed by atoms with van der Waals surface area (Å²) in [6, 6.07) is 16.5. The van der Waals surface area contributed by atoms with Crippen LogP contribution in [0.4, 0.5) is 11.4 Å². The lowest BCUT2D eigenvalue weighted by Crippen LogP contribution is -2.31. The van der Waals surface area contributed by atoms with Gasteiger partial charge in [0.25, 0.3) is 0 Å². The highest BCUT2D eigenvalue weighted by Gasteiger charge is 2.30. The Morgan fingerprint density at radius 1 is 1.05 bits per heavy atom. The number of hydrogen-bond donors (Lipinski definition) is 2. The summed E-state index contributed by atoms with van der Waals surface area (Å²) < 4.78 is 0. The molecule has 1 heterocycles. The Morgan fingerprint density at radius 2 is 1.75 bits per heavy atom. The van der Waals surface area contributed by atoms with Gasteiger partial charge in [-0.3, -0.25) is 9.79 Å². The first-order chi connectivity index (χ1) is 9.75. The van der Waals surface area contributed by atoms with Crippen molar-refractivity contribution in [2.45, 2.75) is 6.10 Å². The number of aliphatic imine (C=N–C) groups is 1. The molecule has 0 spiro atoms. The second-order valence-electron chi connectivity index (χ2n) is 4.66. The van der Waals surface area contributed by atoms with Crippen LogP contribution in [0.25, 0.3) is 0 Å². The zero-order chi connectivity index (χ0) is 13.9. The first kappa shape index (κ1) is 12.6. The number of carbonyl (C=O) groups is 1. The van der Waals surface area contributed by atoms with E-state index in [1.165, 1.54) is 6.21 Å². The lowest BCUT2D eigenvalue weighted by molar-refractivity contribution is -0.120. The molecule has 0 saturated carbocycles. The number of carbonyl (C=O) groups excluding carboxylic acids is 1. The lowest BCUT2D eigenvalue weighted by Gasteiger charge is -2.24. The number of hydrogen-bond acceptors (Lipinski definition) is 3. The standard InChI is InChI=1S/C16H14N2O2/c19-15-12-8-4-5-9-14(12)17-10-13(15)16(20)18-11-6-2-1-3-7-11/h1-10,13,15,19H,(H,18,20). The van der Waals surface area contributed by atoms with Crippen molar-refractivity contribution in [2.75, 3.05) is 5.32 Å². The summed E-state index contributed by atoms with van der Waals surface area (Å²) in [7, 11) is 0. The maximum absolute atomic E-state index is 12.2. The van der Waals surface area contributed by atoms with E-state index >= 15 is 0 Å². The van der Waals surface area contributed by atoms with E-state index in [1.54, 1.807) is 18.2 Å². The summed E-state index contributed by atoms with van der Waals surface area (Å²) in [5.74, 6) is -0.938. The monoisotopic (exact) mass is 266 g/mol. The third kappa shape index (κ3) is 2.33. The highest BCUT2D eigenvalue weighted by atomic mass is 16.3. The number of para-hydroxylation sites is 2. The maximum atomic E-state index is 12.2. The minimum absolute atomic E-state index is 0.262. The lowest BCUT2D eigenvalue weighted by atomic mass is 9.92. The Kier molecular flexibility index (Phi) is 3.31. The number of aliphatic hydroxyl groups is 1. The van der Waals surface area contributed by atoms with Gasteiger partial charge in [-0.25, -0.2) is 0 Å². The van der Waals surface area contributed by atoms with E-state index in [2.05, 4.69) is 10.3 Å². The number of nitrogens with zero attached hydrogens (tertiary/aromatic N) is 1. The van der Waals surface area contributed by atoms with E-state index in [-0.39, 0.29) is 5.91 Å². The van der Waals surface area contributed by atoms with Gasteiger partial charge in [0.05, 0.1) is 11.8 Å². The van der Waals surface area contributed by atoms with Gasteiger partial charge in [0, 0.05) is 17.5 Å². The number of rotatable bonds is 2. The molecule has 100 valence electrons. The number of nitrogens with one attached hydrogen (secondary N) is 1. The van der Waals surface area contributed by atoms with Crippen molar-refractivity contribution in [1.29, 1.82) is 0 Å². The van der Waals surface area contributed by atoms with Gasteiger partial charge in [-0.2, -0.15) is 0 Å². The van der Waals surface area contributed by atoms with Crippen molar-refractivity contribution in [1.82, 2.24) is 0 Å². The summed E-state index contributed by atoms with van der Waals surface area (Å²) in [5.41, 5.74) is 2.10. The molecule has 0 saturated heterocycles. The Labute approximate surface area is 116 Å². The van der Waals surface area contributed by atoms with Crippen molar-refractivity contribution in [2.24, 2.45) is 10.9 Å². The topological polar surface area (TPSA) is 61.7 Å². The SMILES string of the molecule is O=C(Nc1ccccc1)C1C=Nc2ccccc2C1O. The van der Waals surface area contributed by atoms with E-state index < -0.39 is 12.0 Å². The molecule has 1 amide bonds. The predicted octanol–water partition coefficient (Wildman–Crippen LogP) is 2.69. The van der Waals surface area contributed by atoms with Gasteiger partial charge in [-0.1, -0.05) is 36.4 Å². The minimum Gasteiger partial charge on any atom is -0.387 e. The molecule has 1 aliphatic rings. The van der Waals surface area contributed by atoms with Gasteiger partial charge in [-0.05, 0) is 18.2 Å². The highest BCUT2D eigenvalue weighted by molar-refractivity contribution is 6.03. The van der Waals surface area contributed by atoms with Crippen LogP contribution in [-0.2, 0) is 4.79 Å². The molecule has 2 aromatic rings. The molecule has 0 fully saturated rings. The molecule has 2 unspecified atom stereocenters. The fourth-order valence-corrected chi connectivity index (χ4v) is 2.25. The van der Waals surface area contributed by atoms with Gasteiger partial charge in [0.2, 0.25) is 5.91 Å². The van der Waals surface area contributed by atoms with E-state index in [9.17, 15) is 9.90 Å². The molecule has 0 aliphatic carbocycles. The zero-order valence-electron chi connectivity index (χ0n) is 10.7. The van der Waals surface area contributed by atoms with Gasteiger partial charge >= 0.3 is 0 Å². The molecular weight excluding hydrogens is 252 g/mol. The number of fused-ring (bicyclic) bond motifs is 1. The Balaban J connectivity index is 1.81. The molecule has 1 aliphatic heterocycles. The van der Waals surface area contributed by atoms with Crippen LogP contribution < -0.4 is 5.32 Å². The quantitative estimate of drug-likeness (QED) is 0.877. The first-order valence-electron chi connectivity index (χ1n) is 6.43. The third-order valence-corrected chi connectivity index (χ3v) is 3.31. The van der Waals surface area contributed by atoms with Crippen molar-refractivity contribution >= 4 is 23.5 Å². The molecule has 2 aromatic carbocycles. The van der Waals surface area contributed by atoms with Crippen LogP contribution in [0.15, 0.2) is 59.6 Å². The van der Waals surface area contributed by atoms with Crippen LogP contribution >= 0.6 is 0 Å².